The molecule has 0 N–H and O–H groups in total. The van der Waals surface area contributed by atoms with Crippen LogP contribution in [0.15, 0.2) is 107 Å². The van der Waals surface area contributed by atoms with Crippen molar-refractivity contribution in [2.75, 3.05) is 11.9 Å². The first kappa shape index (κ1) is 30.6. The number of rotatable bonds is 5. The second-order valence-electron chi connectivity index (χ2n) is 9.42. The van der Waals surface area contributed by atoms with Crippen LogP contribution in [0.5, 0.6) is 0 Å². The average molecular weight is 555 g/mol. The third-order valence-electron chi connectivity index (χ3n) is 6.78. The van der Waals surface area contributed by atoms with Gasteiger partial charge in [0.1, 0.15) is 10.1 Å². The predicted molar refractivity (Wildman–Crippen MR) is 150 cm³/mol. The van der Waals surface area contributed by atoms with E-state index in [0.29, 0.717) is 10.9 Å². The van der Waals surface area contributed by atoms with Crippen molar-refractivity contribution in [1.82, 2.24) is 0 Å². The van der Waals surface area contributed by atoms with Crippen molar-refractivity contribution in [3.63, 3.8) is 0 Å². The summed E-state index contributed by atoms with van der Waals surface area (Å²) >= 11 is 0. The smallest absolute Gasteiger partial charge is 0.744 e. The molecule has 1 aliphatic heterocycles. The number of allylic oxidation sites excluding steroid dienone is 8. The monoisotopic (exact) mass is 554 g/mol. The molecule has 0 spiro atoms. The van der Waals surface area contributed by atoms with Gasteiger partial charge in [0.2, 0.25) is 0 Å². The van der Waals surface area contributed by atoms with Crippen LogP contribution in [0.2, 0.25) is 0 Å². The van der Waals surface area contributed by atoms with Crippen molar-refractivity contribution in [2.45, 2.75) is 24.2 Å². The largest absolute Gasteiger partial charge is 1.00 e. The number of anilines is 1. The first-order valence-corrected chi connectivity index (χ1v) is 13.3. The van der Waals surface area contributed by atoms with Crippen LogP contribution < -0.4 is 34.5 Å². The van der Waals surface area contributed by atoms with Gasteiger partial charge in [-0.3, -0.25) is 0 Å². The Hall–Kier alpha value is -3.94. The van der Waals surface area contributed by atoms with Crippen LogP contribution in [0.3, 0.4) is 0 Å². The molecule has 0 amide bonds. The van der Waals surface area contributed by atoms with E-state index in [0.717, 1.165) is 22.3 Å². The maximum Gasteiger partial charge on any atom is 1.00 e. The van der Waals surface area contributed by atoms with Crippen LogP contribution in [0.1, 0.15) is 25.0 Å². The molecule has 0 saturated carbocycles. The molecule has 0 bridgehead atoms. The Bertz CT molecular complexity index is 1830. The van der Waals surface area contributed by atoms with E-state index in [9.17, 15) is 23.5 Å². The van der Waals surface area contributed by atoms with Crippen molar-refractivity contribution in [3.05, 3.63) is 124 Å². The van der Waals surface area contributed by atoms with E-state index in [1.165, 1.54) is 12.1 Å². The number of nitrogens with zero attached hydrogens (tertiary/aromatic N) is 4. The maximum absolute atomic E-state index is 11.5. The number of likely N-dealkylation sites (N-methyl/N-ethyl adjacent to an activating group) is 1. The SMILES string of the molecule is [C-]#[N+]/C(C#N)=C(/C(C#N)=C/C=C/C=C1/N(C)c2ccc3cc(S(=O)(=O)[O-])ccc3c2C1(C)C)c1ccccc1.[Na+]. The molecule has 0 aromatic heterocycles. The average Bonchev–Trinajstić information content (AvgIpc) is 3.12. The fraction of sp³-hybridized carbons (Fsp3) is 0.129. The molecule has 0 saturated heterocycles. The zero-order valence-corrected chi connectivity index (χ0v) is 25.3. The molecule has 1 aliphatic rings. The minimum Gasteiger partial charge on any atom is -0.744 e. The molecule has 4 rings (SSSR count). The molecular weight excluding hydrogens is 531 g/mol. The molecule has 0 atom stereocenters. The molecule has 3 aromatic carbocycles. The maximum atomic E-state index is 11.5. The standard InChI is InChI=1S/C31H24N4O3S.Na/c1-31(2)28(35(4)27-17-14-22-18-24(39(36,37)38)15-16-25(22)30(27)31)13-9-8-12-23(19-32)29(26(20-33)34-3)21-10-6-5-7-11-21;/h5-18H,1-2,4H3,(H,36,37,38);/q;+1/p-1/b9-8+,23-12+,28-13+,29-26+;. The summed E-state index contributed by atoms with van der Waals surface area (Å²) in [6.07, 6.45) is 7.01. The second-order valence-corrected chi connectivity index (χ2v) is 10.8. The van der Waals surface area contributed by atoms with Crippen LogP contribution in [0.25, 0.3) is 21.2 Å². The van der Waals surface area contributed by atoms with E-state index in [-0.39, 0.29) is 51.3 Å². The van der Waals surface area contributed by atoms with Gasteiger partial charge in [-0.1, -0.05) is 68.5 Å². The summed E-state index contributed by atoms with van der Waals surface area (Å²) in [6.45, 7) is 11.5. The third kappa shape index (κ3) is 5.67. The first-order valence-electron chi connectivity index (χ1n) is 11.9. The van der Waals surface area contributed by atoms with Gasteiger partial charge in [0.05, 0.1) is 29.2 Å². The van der Waals surface area contributed by atoms with Gasteiger partial charge in [-0.2, -0.15) is 5.26 Å². The van der Waals surface area contributed by atoms with E-state index in [4.69, 9.17) is 6.57 Å². The zero-order chi connectivity index (χ0) is 28.4. The van der Waals surface area contributed by atoms with Crippen molar-refractivity contribution in [2.24, 2.45) is 0 Å². The second kappa shape index (κ2) is 12.1. The van der Waals surface area contributed by atoms with Crippen LogP contribution in [0, 0.1) is 29.2 Å². The molecule has 7 nitrogen and oxygen atoms in total. The molecule has 192 valence electrons. The molecule has 0 aliphatic carbocycles. The minimum atomic E-state index is -4.56. The predicted octanol–water partition coefficient (Wildman–Crippen LogP) is 3.22. The summed E-state index contributed by atoms with van der Waals surface area (Å²) in [4.78, 5) is 5.11. The van der Waals surface area contributed by atoms with Gasteiger partial charge in [0, 0.05) is 29.4 Å². The minimum absolute atomic E-state index is 0. The molecule has 40 heavy (non-hydrogen) atoms. The zero-order valence-electron chi connectivity index (χ0n) is 22.5. The first-order chi connectivity index (χ1) is 18.5. The third-order valence-corrected chi connectivity index (χ3v) is 7.61. The molecular formula is C31H23N4NaO3S. The van der Waals surface area contributed by atoms with Gasteiger partial charge in [-0.15, -0.1) is 0 Å². The van der Waals surface area contributed by atoms with E-state index in [1.54, 1.807) is 54.6 Å². The summed E-state index contributed by atoms with van der Waals surface area (Å²) in [5.41, 5.74) is 3.40. The summed E-state index contributed by atoms with van der Waals surface area (Å²) in [5.74, 6) is 0. The van der Waals surface area contributed by atoms with E-state index < -0.39 is 15.5 Å². The van der Waals surface area contributed by atoms with Crippen molar-refractivity contribution in [1.29, 1.82) is 10.5 Å². The van der Waals surface area contributed by atoms with Gasteiger partial charge in [-0.05, 0) is 52.3 Å². The Labute approximate surface area is 256 Å². The molecule has 0 fully saturated rings. The fourth-order valence-corrected chi connectivity index (χ4v) is 5.53. The Morgan fingerprint density at radius 1 is 1.05 bits per heavy atom. The van der Waals surface area contributed by atoms with E-state index in [1.807, 2.05) is 36.2 Å². The number of nitriles is 2. The molecule has 3 aromatic rings. The van der Waals surface area contributed by atoms with Crippen LogP contribution >= 0.6 is 0 Å². The summed E-state index contributed by atoms with van der Waals surface area (Å²) in [7, 11) is -2.62. The van der Waals surface area contributed by atoms with Crippen LogP contribution in [-0.2, 0) is 15.5 Å². The Morgan fingerprint density at radius 3 is 2.35 bits per heavy atom. The van der Waals surface area contributed by atoms with Gasteiger partial charge < -0.3 is 9.45 Å². The number of benzene rings is 3. The summed E-state index contributed by atoms with van der Waals surface area (Å²) < 4.78 is 34.5. The van der Waals surface area contributed by atoms with E-state index in [2.05, 4.69) is 24.8 Å². The van der Waals surface area contributed by atoms with Crippen molar-refractivity contribution >= 4 is 32.2 Å². The van der Waals surface area contributed by atoms with E-state index >= 15 is 0 Å². The fourth-order valence-electron chi connectivity index (χ4n) is 5.02. The number of hydrogen-bond donors (Lipinski definition) is 0. The van der Waals surface area contributed by atoms with Gasteiger partial charge in [0.25, 0.3) is 5.70 Å². The summed E-state index contributed by atoms with van der Waals surface area (Å²) in [5, 5.41) is 20.9. The quantitative estimate of drug-likeness (QED) is 0.157. The number of fused-ring (bicyclic) bond motifs is 3. The van der Waals surface area contributed by atoms with Crippen molar-refractivity contribution < 1.29 is 42.5 Å². The van der Waals surface area contributed by atoms with Gasteiger partial charge >= 0.3 is 29.6 Å². The molecule has 0 radical (unpaired) electrons. The molecule has 1 heterocycles. The number of hydrogen-bond acceptors (Lipinski definition) is 6. The summed E-state index contributed by atoms with van der Waals surface area (Å²) in [6, 6.07) is 21.0. The van der Waals surface area contributed by atoms with Crippen LogP contribution in [-0.4, -0.2) is 20.0 Å². The van der Waals surface area contributed by atoms with Gasteiger partial charge in [0.15, 0.2) is 0 Å². The van der Waals surface area contributed by atoms with Crippen LogP contribution in [0.4, 0.5) is 5.69 Å². The molecule has 0 unspecified atom stereocenters. The Balaban J connectivity index is 0.00000441. The Kier molecular flexibility index (Phi) is 9.23. The topological polar surface area (TPSA) is 112 Å². The van der Waals surface area contributed by atoms with Gasteiger partial charge in [-0.25, -0.2) is 18.5 Å². The normalized spacial score (nSPS) is 16.1. The van der Waals surface area contributed by atoms with Crippen molar-refractivity contribution in [3.8, 4) is 12.1 Å². The molecule has 9 heteroatoms. The Morgan fingerprint density at radius 2 is 1.75 bits per heavy atom.